The fourth-order valence-corrected chi connectivity index (χ4v) is 3.55. The van der Waals surface area contributed by atoms with Gasteiger partial charge in [-0.2, -0.15) is 0 Å². The Kier molecular flexibility index (Phi) is 6.15. The molecule has 1 amide bonds. The number of nitrogens with one attached hydrogen (secondary N) is 1. The van der Waals surface area contributed by atoms with E-state index in [4.69, 9.17) is 5.73 Å². The second kappa shape index (κ2) is 7.88. The van der Waals surface area contributed by atoms with Gasteiger partial charge in [0.15, 0.2) is 0 Å². The van der Waals surface area contributed by atoms with Crippen LogP contribution in [0.4, 0.5) is 0 Å². The van der Waals surface area contributed by atoms with E-state index in [9.17, 15) is 4.79 Å². The molecule has 0 saturated heterocycles. The summed E-state index contributed by atoms with van der Waals surface area (Å²) in [7, 11) is 0. The van der Waals surface area contributed by atoms with Crippen LogP contribution in [0.15, 0.2) is 0 Å². The first-order valence-corrected chi connectivity index (χ1v) is 8.26. The van der Waals surface area contributed by atoms with Gasteiger partial charge >= 0.3 is 0 Å². The van der Waals surface area contributed by atoms with Crippen molar-refractivity contribution < 1.29 is 4.79 Å². The monoisotopic (exact) mass is 266 g/mol. The van der Waals surface area contributed by atoms with Crippen LogP contribution in [-0.2, 0) is 4.79 Å². The van der Waals surface area contributed by atoms with Gasteiger partial charge < -0.3 is 11.1 Å². The highest BCUT2D eigenvalue weighted by Gasteiger charge is 2.19. The molecule has 0 heterocycles. The summed E-state index contributed by atoms with van der Waals surface area (Å²) >= 11 is 0. The minimum Gasteiger partial charge on any atom is -0.356 e. The summed E-state index contributed by atoms with van der Waals surface area (Å²) in [4.78, 5) is 11.9. The zero-order valence-electron chi connectivity index (χ0n) is 12.2. The molecule has 0 aromatic heterocycles. The van der Waals surface area contributed by atoms with Gasteiger partial charge in [-0.25, -0.2) is 0 Å². The summed E-state index contributed by atoms with van der Waals surface area (Å²) in [5.41, 5.74) is 5.90. The molecule has 19 heavy (non-hydrogen) atoms. The third kappa shape index (κ3) is 5.52. The molecule has 3 nitrogen and oxygen atoms in total. The van der Waals surface area contributed by atoms with Gasteiger partial charge in [-0.05, 0) is 43.9 Å². The standard InChI is InChI=1S/C16H30N2O/c17-15-9-6-14(7-10-15)12-18-16(19)11-8-13-4-2-1-3-5-13/h13-15H,1-12,17H2,(H,18,19). The van der Waals surface area contributed by atoms with Gasteiger partial charge in [0.25, 0.3) is 0 Å². The molecule has 0 spiro atoms. The largest absolute Gasteiger partial charge is 0.356 e. The van der Waals surface area contributed by atoms with Crippen LogP contribution in [0.3, 0.4) is 0 Å². The van der Waals surface area contributed by atoms with Crippen LogP contribution < -0.4 is 11.1 Å². The first-order valence-electron chi connectivity index (χ1n) is 8.26. The molecule has 3 N–H and O–H groups in total. The summed E-state index contributed by atoms with van der Waals surface area (Å²) in [5, 5.41) is 3.13. The van der Waals surface area contributed by atoms with Gasteiger partial charge in [-0.3, -0.25) is 4.79 Å². The van der Waals surface area contributed by atoms with Crippen LogP contribution in [0.2, 0.25) is 0 Å². The van der Waals surface area contributed by atoms with E-state index in [0.717, 1.165) is 38.1 Å². The third-order valence-corrected chi connectivity index (χ3v) is 4.98. The summed E-state index contributed by atoms with van der Waals surface area (Å²) in [6.07, 6.45) is 13.3. The zero-order chi connectivity index (χ0) is 13.5. The van der Waals surface area contributed by atoms with Crippen molar-refractivity contribution in [1.82, 2.24) is 5.32 Å². The first-order chi connectivity index (χ1) is 9.24. The Labute approximate surface area is 117 Å². The van der Waals surface area contributed by atoms with Crippen molar-refractivity contribution in [3.63, 3.8) is 0 Å². The van der Waals surface area contributed by atoms with Crippen molar-refractivity contribution in [1.29, 1.82) is 0 Å². The molecule has 2 aliphatic carbocycles. The number of amides is 1. The molecular formula is C16H30N2O. The minimum absolute atomic E-state index is 0.264. The molecule has 2 rings (SSSR count). The maximum absolute atomic E-state index is 11.9. The second-order valence-electron chi connectivity index (χ2n) is 6.63. The van der Waals surface area contributed by atoms with Crippen molar-refractivity contribution in [2.24, 2.45) is 17.6 Å². The molecule has 0 atom stereocenters. The number of rotatable bonds is 5. The van der Waals surface area contributed by atoms with Crippen molar-refractivity contribution in [3.8, 4) is 0 Å². The number of hydrogen-bond donors (Lipinski definition) is 2. The van der Waals surface area contributed by atoms with Crippen LogP contribution in [-0.4, -0.2) is 18.5 Å². The topological polar surface area (TPSA) is 55.1 Å². The van der Waals surface area contributed by atoms with E-state index in [0.29, 0.717) is 12.0 Å². The summed E-state index contributed by atoms with van der Waals surface area (Å²) in [6, 6.07) is 0.401. The molecule has 2 fully saturated rings. The molecule has 0 aliphatic heterocycles. The lowest BCUT2D eigenvalue weighted by Gasteiger charge is -2.26. The number of carbonyl (C=O) groups is 1. The third-order valence-electron chi connectivity index (χ3n) is 4.98. The Morgan fingerprint density at radius 3 is 2.32 bits per heavy atom. The maximum atomic E-state index is 11.9. The Balaban J connectivity index is 1.54. The zero-order valence-corrected chi connectivity index (χ0v) is 12.2. The minimum atomic E-state index is 0.264. The van der Waals surface area contributed by atoms with E-state index in [2.05, 4.69) is 5.32 Å². The predicted octanol–water partition coefficient (Wildman–Crippen LogP) is 2.98. The highest BCUT2D eigenvalue weighted by atomic mass is 16.1. The average molecular weight is 266 g/mol. The van der Waals surface area contributed by atoms with E-state index in [1.807, 2.05) is 0 Å². The quantitative estimate of drug-likeness (QED) is 0.803. The number of nitrogens with two attached hydrogens (primary N) is 1. The predicted molar refractivity (Wildman–Crippen MR) is 78.8 cm³/mol. The summed E-state index contributed by atoms with van der Waals surface area (Å²) in [6.45, 7) is 0.871. The van der Waals surface area contributed by atoms with Gasteiger partial charge in [0, 0.05) is 19.0 Å². The average Bonchev–Trinajstić information content (AvgIpc) is 2.45. The molecule has 0 aromatic rings. The second-order valence-corrected chi connectivity index (χ2v) is 6.63. The smallest absolute Gasteiger partial charge is 0.220 e. The van der Waals surface area contributed by atoms with Gasteiger partial charge in [0.05, 0.1) is 0 Å². The van der Waals surface area contributed by atoms with Gasteiger partial charge in [0.2, 0.25) is 5.91 Å². The Hall–Kier alpha value is -0.570. The molecule has 110 valence electrons. The molecule has 2 saturated carbocycles. The lowest BCUT2D eigenvalue weighted by atomic mass is 9.85. The molecule has 0 unspecified atom stereocenters. The van der Waals surface area contributed by atoms with Gasteiger partial charge in [0.1, 0.15) is 0 Å². The SMILES string of the molecule is NC1CCC(CNC(=O)CCC2CCCCC2)CC1. The highest BCUT2D eigenvalue weighted by Crippen LogP contribution is 2.27. The maximum Gasteiger partial charge on any atom is 0.220 e. The van der Waals surface area contributed by atoms with Crippen LogP contribution in [0.25, 0.3) is 0 Å². The normalized spacial score (nSPS) is 29.1. The highest BCUT2D eigenvalue weighted by molar-refractivity contribution is 5.75. The van der Waals surface area contributed by atoms with Crippen LogP contribution >= 0.6 is 0 Å². The van der Waals surface area contributed by atoms with E-state index in [1.165, 1.54) is 44.9 Å². The molecule has 0 aromatic carbocycles. The molecule has 0 bridgehead atoms. The van der Waals surface area contributed by atoms with Gasteiger partial charge in [-0.1, -0.05) is 32.1 Å². The van der Waals surface area contributed by atoms with Crippen molar-refractivity contribution in [2.75, 3.05) is 6.54 Å². The summed E-state index contributed by atoms with van der Waals surface area (Å²) < 4.78 is 0. The number of hydrogen-bond acceptors (Lipinski definition) is 2. The van der Waals surface area contributed by atoms with Crippen LogP contribution in [0, 0.1) is 11.8 Å². The fourth-order valence-electron chi connectivity index (χ4n) is 3.55. The lowest BCUT2D eigenvalue weighted by Crippen LogP contribution is -2.34. The first kappa shape index (κ1) is 14.8. The Morgan fingerprint density at radius 2 is 1.63 bits per heavy atom. The van der Waals surface area contributed by atoms with Crippen molar-refractivity contribution in [2.45, 2.75) is 76.7 Å². The Morgan fingerprint density at radius 1 is 0.947 bits per heavy atom. The Bertz CT molecular complexity index is 266. The van der Waals surface area contributed by atoms with Crippen LogP contribution in [0.1, 0.15) is 70.6 Å². The fraction of sp³-hybridized carbons (Fsp3) is 0.938. The molecule has 0 radical (unpaired) electrons. The van der Waals surface area contributed by atoms with Crippen molar-refractivity contribution in [3.05, 3.63) is 0 Å². The van der Waals surface area contributed by atoms with E-state index in [-0.39, 0.29) is 5.91 Å². The van der Waals surface area contributed by atoms with E-state index in [1.54, 1.807) is 0 Å². The molecule has 3 heteroatoms. The molecule has 2 aliphatic rings. The van der Waals surface area contributed by atoms with Gasteiger partial charge in [-0.15, -0.1) is 0 Å². The van der Waals surface area contributed by atoms with Crippen LogP contribution in [0.5, 0.6) is 0 Å². The van der Waals surface area contributed by atoms with Crippen molar-refractivity contribution >= 4 is 5.91 Å². The van der Waals surface area contributed by atoms with E-state index < -0.39 is 0 Å². The molecular weight excluding hydrogens is 236 g/mol. The number of carbonyl (C=O) groups excluding carboxylic acids is 1. The van der Waals surface area contributed by atoms with E-state index >= 15 is 0 Å². The summed E-state index contributed by atoms with van der Waals surface area (Å²) in [5.74, 6) is 1.74. The lowest BCUT2D eigenvalue weighted by molar-refractivity contribution is -0.121.